The zero-order valence-electron chi connectivity index (χ0n) is 9.83. The molecule has 0 bridgehead atoms. The van der Waals surface area contributed by atoms with Crippen LogP contribution in [-0.4, -0.2) is 0 Å². The minimum Gasteiger partial charge on any atom is -0.271 e. The van der Waals surface area contributed by atoms with Crippen LogP contribution in [0.1, 0.15) is 27.6 Å². The van der Waals surface area contributed by atoms with Crippen molar-refractivity contribution in [2.45, 2.75) is 19.9 Å². The highest BCUT2D eigenvalue weighted by atomic mass is 35.5. The van der Waals surface area contributed by atoms with Gasteiger partial charge in [-0.15, -0.1) is 11.3 Å². The lowest BCUT2D eigenvalue weighted by atomic mass is 9.99. The Hall–Kier alpha value is -0.870. The van der Waals surface area contributed by atoms with E-state index in [4.69, 9.17) is 17.4 Å². The first-order chi connectivity index (χ1) is 8.13. The van der Waals surface area contributed by atoms with E-state index in [9.17, 15) is 0 Å². The van der Waals surface area contributed by atoms with E-state index >= 15 is 0 Å². The van der Waals surface area contributed by atoms with Crippen LogP contribution in [0.5, 0.6) is 0 Å². The van der Waals surface area contributed by atoms with Gasteiger partial charge in [-0.1, -0.05) is 17.7 Å². The molecule has 0 radical (unpaired) electrons. The Morgan fingerprint density at radius 3 is 2.59 bits per heavy atom. The number of halogens is 1. The third-order valence-corrected chi connectivity index (χ3v) is 4.20. The highest BCUT2D eigenvalue weighted by Gasteiger charge is 2.18. The van der Waals surface area contributed by atoms with Crippen molar-refractivity contribution in [1.82, 2.24) is 5.43 Å². The highest BCUT2D eigenvalue weighted by molar-refractivity contribution is 7.10. The first-order valence-electron chi connectivity index (χ1n) is 5.39. The Morgan fingerprint density at radius 1 is 1.24 bits per heavy atom. The first kappa shape index (κ1) is 12.6. The van der Waals surface area contributed by atoms with Gasteiger partial charge in [0.25, 0.3) is 0 Å². The summed E-state index contributed by atoms with van der Waals surface area (Å²) in [5.41, 5.74) is 6.44. The van der Waals surface area contributed by atoms with Crippen molar-refractivity contribution in [3.05, 3.63) is 56.2 Å². The molecule has 17 heavy (non-hydrogen) atoms. The number of aryl methyl sites for hydroxylation is 2. The van der Waals surface area contributed by atoms with Gasteiger partial charge in [-0.3, -0.25) is 5.84 Å². The van der Waals surface area contributed by atoms with Gasteiger partial charge in [0.1, 0.15) is 0 Å². The molecule has 0 aliphatic rings. The Labute approximate surface area is 110 Å². The monoisotopic (exact) mass is 266 g/mol. The minimum atomic E-state index is 0.00806. The van der Waals surface area contributed by atoms with Crippen LogP contribution in [0.15, 0.2) is 29.6 Å². The molecule has 4 heteroatoms. The maximum Gasteiger partial charge on any atom is 0.0808 e. The topological polar surface area (TPSA) is 38.0 Å². The molecule has 1 unspecified atom stereocenters. The molecule has 1 atom stereocenters. The Balaban J connectivity index is 2.49. The molecule has 0 aliphatic heterocycles. The molecule has 1 aromatic heterocycles. The van der Waals surface area contributed by atoms with Gasteiger partial charge < -0.3 is 0 Å². The second kappa shape index (κ2) is 5.19. The van der Waals surface area contributed by atoms with Crippen LogP contribution in [0, 0.1) is 13.8 Å². The van der Waals surface area contributed by atoms with Crippen LogP contribution < -0.4 is 11.3 Å². The van der Waals surface area contributed by atoms with E-state index in [1.54, 1.807) is 11.3 Å². The molecule has 90 valence electrons. The van der Waals surface area contributed by atoms with Crippen LogP contribution >= 0.6 is 22.9 Å². The van der Waals surface area contributed by atoms with E-state index in [0.717, 1.165) is 10.6 Å². The molecular weight excluding hydrogens is 252 g/mol. The zero-order chi connectivity index (χ0) is 12.4. The Morgan fingerprint density at radius 2 is 2.00 bits per heavy atom. The van der Waals surface area contributed by atoms with Gasteiger partial charge in [-0.05, 0) is 54.1 Å². The summed E-state index contributed by atoms with van der Waals surface area (Å²) < 4.78 is 0. The predicted octanol–water partition coefficient (Wildman–Crippen LogP) is 3.57. The van der Waals surface area contributed by atoms with Gasteiger partial charge in [0.05, 0.1) is 6.04 Å². The van der Waals surface area contributed by atoms with Crippen LogP contribution in [-0.2, 0) is 0 Å². The van der Waals surface area contributed by atoms with E-state index in [0.29, 0.717) is 0 Å². The smallest absolute Gasteiger partial charge is 0.0808 e. The van der Waals surface area contributed by atoms with Crippen molar-refractivity contribution >= 4 is 22.9 Å². The van der Waals surface area contributed by atoms with Gasteiger partial charge in [-0.2, -0.15) is 0 Å². The maximum atomic E-state index is 6.05. The van der Waals surface area contributed by atoms with E-state index in [1.807, 2.05) is 18.2 Å². The molecule has 2 nitrogen and oxygen atoms in total. The van der Waals surface area contributed by atoms with Crippen molar-refractivity contribution in [2.24, 2.45) is 5.84 Å². The molecule has 0 saturated heterocycles. The lowest BCUT2D eigenvalue weighted by Crippen LogP contribution is -2.29. The number of hydrogen-bond acceptors (Lipinski definition) is 3. The zero-order valence-corrected chi connectivity index (χ0v) is 11.4. The highest BCUT2D eigenvalue weighted by Crippen LogP contribution is 2.31. The Bertz CT molecular complexity index is 522. The van der Waals surface area contributed by atoms with Crippen LogP contribution in [0.25, 0.3) is 0 Å². The predicted molar refractivity (Wildman–Crippen MR) is 74.4 cm³/mol. The number of hydrogen-bond donors (Lipinski definition) is 2. The number of thiophene rings is 1. The van der Waals surface area contributed by atoms with Gasteiger partial charge in [0.2, 0.25) is 0 Å². The number of nitrogens with two attached hydrogens (primary N) is 1. The summed E-state index contributed by atoms with van der Waals surface area (Å²) in [6.45, 7) is 4.16. The summed E-state index contributed by atoms with van der Waals surface area (Å²) in [5.74, 6) is 5.70. The molecule has 0 spiro atoms. The number of rotatable bonds is 3. The van der Waals surface area contributed by atoms with Crippen molar-refractivity contribution in [3.63, 3.8) is 0 Å². The number of benzene rings is 1. The third-order valence-electron chi connectivity index (χ3n) is 2.88. The Kier molecular flexibility index (Phi) is 3.84. The van der Waals surface area contributed by atoms with Crippen molar-refractivity contribution in [3.8, 4) is 0 Å². The van der Waals surface area contributed by atoms with Gasteiger partial charge >= 0.3 is 0 Å². The fraction of sp³-hybridized carbons (Fsp3) is 0.231. The summed E-state index contributed by atoms with van der Waals surface area (Å²) >= 11 is 7.76. The number of hydrazine groups is 1. The molecule has 0 amide bonds. The van der Waals surface area contributed by atoms with Crippen molar-refractivity contribution < 1.29 is 0 Å². The van der Waals surface area contributed by atoms with Crippen molar-refractivity contribution in [1.29, 1.82) is 0 Å². The fourth-order valence-electron chi connectivity index (χ4n) is 1.91. The standard InChI is InChI=1S/C13H15ClN2S/c1-8-3-4-10(14)7-11(8)12(16-15)13-9(2)5-6-17-13/h3-7,12,16H,15H2,1-2H3. The molecule has 0 saturated carbocycles. The molecule has 2 aromatic rings. The second-order valence-corrected chi connectivity index (χ2v) is 5.45. The SMILES string of the molecule is Cc1ccc(Cl)cc1C(NN)c1sccc1C. The molecule has 1 heterocycles. The quantitative estimate of drug-likeness (QED) is 0.658. The van der Waals surface area contributed by atoms with E-state index < -0.39 is 0 Å². The molecule has 3 N–H and O–H groups in total. The van der Waals surface area contributed by atoms with Crippen LogP contribution in [0.4, 0.5) is 0 Å². The fourth-order valence-corrected chi connectivity index (χ4v) is 3.09. The second-order valence-electron chi connectivity index (χ2n) is 4.07. The number of nitrogens with one attached hydrogen (secondary N) is 1. The summed E-state index contributed by atoms with van der Waals surface area (Å²) in [6, 6.07) is 8.00. The summed E-state index contributed by atoms with van der Waals surface area (Å²) in [6.07, 6.45) is 0. The van der Waals surface area contributed by atoms with Crippen LogP contribution in [0.3, 0.4) is 0 Å². The maximum absolute atomic E-state index is 6.05. The summed E-state index contributed by atoms with van der Waals surface area (Å²) in [7, 11) is 0. The van der Waals surface area contributed by atoms with Crippen LogP contribution in [0.2, 0.25) is 5.02 Å². The van der Waals surface area contributed by atoms with Gasteiger partial charge in [-0.25, -0.2) is 5.43 Å². The third kappa shape index (κ3) is 2.53. The summed E-state index contributed by atoms with van der Waals surface area (Å²) in [5, 5.41) is 2.81. The average molecular weight is 267 g/mol. The van der Waals surface area contributed by atoms with Gasteiger partial charge in [0, 0.05) is 9.90 Å². The minimum absolute atomic E-state index is 0.00806. The van der Waals surface area contributed by atoms with Crippen molar-refractivity contribution in [2.75, 3.05) is 0 Å². The van der Waals surface area contributed by atoms with E-state index in [2.05, 4.69) is 30.7 Å². The largest absolute Gasteiger partial charge is 0.271 e. The molecule has 0 aliphatic carbocycles. The van der Waals surface area contributed by atoms with Gasteiger partial charge in [0.15, 0.2) is 0 Å². The molecule has 2 rings (SSSR count). The molecule has 0 fully saturated rings. The van der Waals surface area contributed by atoms with E-state index in [1.165, 1.54) is 16.0 Å². The normalized spacial score (nSPS) is 12.7. The summed E-state index contributed by atoms with van der Waals surface area (Å²) in [4.78, 5) is 1.23. The molecular formula is C13H15ClN2S. The van der Waals surface area contributed by atoms with E-state index in [-0.39, 0.29) is 6.04 Å². The first-order valence-corrected chi connectivity index (χ1v) is 6.65. The lowest BCUT2D eigenvalue weighted by Gasteiger charge is -2.18. The lowest BCUT2D eigenvalue weighted by molar-refractivity contribution is 0.640. The average Bonchev–Trinajstić information content (AvgIpc) is 2.71. The molecule has 1 aromatic carbocycles.